The number of thiophene rings is 1. The standard InChI is InChI=1S/C29H30N4O4S2/c1-5-15-33-26(20(4)37-22-14-10-11-19(3)16-22)31-32-29(33)39-18-24(34)30-27-25(28(35)36-6-2)23(17-38-27)21-12-8-7-9-13-21/h5,7-14,16-17,20H,1,6,15,18H2,2-4H3,(H,30,34). The Morgan fingerprint density at radius 3 is 2.69 bits per heavy atom. The number of carbonyl (C=O) groups is 2. The molecule has 0 bridgehead atoms. The minimum Gasteiger partial charge on any atom is -0.483 e. The lowest BCUT2D eigenvalue weighted by Gasteiger charge is -2.16. The van der Waals surface area contributed by atoms with Crippen molar-refractivity contribution in [2.45, 2.75) is 38.6 Å². The van der Waals surface area contributed by atoms with Crippen LogP contribution in [-0.4, -0.2) is 39.0 Å². The number of aromatic nitrogens is 3. The number of aryl methyl sites for hydroxylation is 1. The maximum Gasteiger partial charge on any atom is 0.341 e. The van der Waals surface area contributed by atoms with E-state index >= 15 is 0 Å². The van der Waals surface area contributed by atoms with E-state index in [1.807, 2.05) is 78.4 Å². The monoisotopic (exact) mass is 562 g/mol. The molecule has 1 unspecified atom stereocenters. The molecule has 0 saturated carbocycles. The van der Waals surface area contributed by atoms with Crippen molar-refractivity contribution in [3.8, 4) is 16.9 Å². The number of anilines is 1. The van der Waals surface area contributed by atoms with Crippen LogP contribution < -0.4 is 10.1 Å². The fourth-order valence-electron chi connectivity index (χ4n) is 3.93. The zero-order chi connectivity index (χ0) is 27.8. The van der Waals surface area contributed by atoms with E-state index in [1.54, 1.807) is 13.0 Å². The summed E-state index contributed by atoms with van der Waals surface area (Å²) in [6, 6.07) is 17.3. The maximum atomic E-state index is 13.0. The summed E-state index contributed by atoms with van der Waals surface area (Å²) in [5.74, 6) is 0.704. The molecule has 2 heterocycles. The third-order valence-electron chi connectivity index (χ3n) is 5.66. The molecule has 0 aliphatic heterocycles. The van der Waals surface area contributed by atoms with Crippen molar-refractivity contribution in [2.24, 2.45) is 0 Å². The second kappa shape index (κ2) is 13.3. The number of allylic oxidation sites excluding steroid dienone is 1. The van der Waals surface area contributed by atoms with Crippen LogP contribution in [0.15, 0.2) is 77.8 Å². The number of nitrogens with zero attached hydrogens (tertiary/aromatic N) is 3. The highest BCUT2D eigenvalue weighted by Gasteiger charge is 2.24. The first kappa shape index (κ1) is 28.1. The van der Waals surface area contributed by atoms with Gasteiger partial charge in [0, 0.05) is 17.5 Å². The molecule has 202 valence electrons. The van der Waals surface area contributed by atoms with Gasteiger partial charge in [0.05, 0.1) is 12.4 Å². The molecule has 0 fully saturated rings. The zero-order valence-electron chi connectivity index (χ0n) is 22.0. The van der Waals surface area contributed by atoms with Gasteiger partial charge in [-0.1, -0.05) is 60.3 Å². The quantitative estimate of drug-likeness (QED) is 0.119. The lowest BCUT2D eigenvalue weighted by Crippen LogP contribution is -2.17. The number of benzene rings is 2. The van der Waals surface area contributed by atoms with Gasteiger partial charge in [0.15, 0.2) is 17.1 Å². The largest absolute Gasteiger partial charge is 0.483 e. The Balaban J connectivity index is 1.48. The van der Waals surface area contributed by atoms with Gasteiger partial charge < -0.3 is 14.8 Å². The van der Waals surface area contributed by atoms with Crippen LogP contribution in [0.2, 0.25) is 0 Å². The van der Waals surface area contributed by atoms with Crippen molar-refractivity contribution in [1.29, 1.82) is 0 Å². The second-order valence-electron chi connectivity index (χ2n) is 8.59. The third kappa shape index (κ3) is 6.96. The first-order valence-corrected chi connectivity index (χ1v) is 14.3. The molecule has 1 N–H and O–H groups in total. The van der Waals surface area contributed by atoms with E-state index in [0.717, 1.165) is 22.4 Å². The molecule has 2 aromatic heterocycles. The van der Waals surface area contributed by atoms with Crippen LogP contribution in [0.4, 0.5) is 5.00 Å². The molecular formula is C29H30N4O4S2. The van der Waals surface area contributed by atoms with Gasteiger partial charge in [-0.25, -0.2) is 4.79 Å². The van der Waals surface area contributed by atoms with Gasteiger partial charge in [0.2, 0.25) is 5.91 Å². The van der Waals surface area contributed by atoms with Crippen molar-refractivity contribution in [3.63, 3.8) is 0 Å². The van der Waals surface area contributed by atoms with Crippen molar-refractivity contribution in [2.75, 3.05) is 17.7 Å². The average molecular weight is 563 g/mol. The molecule has 1 amide bonds. The molecule has 0 aliphatic carbocycles. The van der Waals surface area contributed by atoms with Crippen LogP contribution in [0.3, 0.4) is 0 Å². The van der Waals surface area contributed by atoms with Gasteiger partial charge in [0.25, 0.3) is 0 Å². The SMILES string of the molecule is C=CCn1c(SCC(=O)Nc2scc(-c3ccccc3)c2C(=O)OCC)nnc1C(C)Oc1cccc(C)c1. The molecule has 4 aromatic rings. The number of hydrogen-bond donors (Lipinski definition) is 1. The van der Waals surface area contributed by atoms with Crippen LogP contribution in [0.25, 0.3) is 11.1 Å². The summed E-state index contributed by atoms with van der Waals surface area (Å²) in [6.07, 6.45) is 1.38. The second-order valence-corrected chi connectivity index (χ2v) is 10.4. The van der Waals surface area contributed by atoms with Gasteiger partial charge >= 0.3 is 5.97 Å². The van der Waals surface area contributed by atoms with Crippen LogP contribution in [0.5, 0.6) is 5.75 Å². The molecule has 2 aromatic carbocycles. The van der Waals surface area contributed by atoms with Gasteiger partial charge in [-0.05, 0) is 44.0 Å². The molecule has 1 atom stereocenters. The Kier molecular flexibility index (Phi) is 9.56. The number of ether oxygens (including phenoxy) is 2. The van der Waals surface area contributed by atoms with Crippen LogP contribution in [-0.2, 0) is 16.1 Å². The molecule has 0 radical (unpaired) electrons. The van der Waals surface area contributed by atoms with Crippen molar-refractivity contribution >= 4 is 40.0 Å². The number of nitrogens with one attached hydrogen (secondary N) is 1. The summed E-state index contributed by atoms with van der Waals surface area (Å²) < 4.78 is 13.3. The normalized spacial score (nSPS) is 11.6. The summed E-state index contributed by atoms with van der Waals surface area (Å²) in [4.78, 5) is 25.8. The molecule has 4 rings (SSSR count). The highest BCUT2D eigenvalue weighted by molar-refractivity contribution is 7.99. The topological polar surface area (TPSA) is 95.3 Å². The van der Waals surface area contributed by atoms with Gasteiger partial charge in [0.1, 0.15) is 16.3 Å². The van der Waals surface area contributed by atoms with Gasteiger partial charge in [-0.3, -0.25) is 9.36 Å². The fraction of sp³-hybridized carbons (Fsp3) is 0.241. The number of thioether (sulfide) groups is 1. The summed E-state index contributed by atoms with van der Waals surface area (Å²) >= 11 is 2.54. The minimum atomic E-state index is -0.474. The molecule has 39 heavy (non-hydrogen) atoms. The Morgan fingerprint density at radius 2 is 1.97 bits per heavy atom. The van der Waals surface area contributed by atoms with Crippen LogP contribution >= 0.6 is 23.1 Å². The highest BCUT2D eigenvalue weighted by Crippen LogP contribution is 2.36. The molecule has 0 spiro atoms. The van der Waals surface area contributed by atoms with Gasteiger partial charge in [-0.15, -0.1) is 28.1 Å². The number of hydrogen-bond acceptors (Lipinski definition) is 8. The number of esters is 1. The van der Waals surface area contributed by atoms with E-state index < -0.39 is 5.97 Å². The van der Waals surface area contributed by atoms with Crippen molar-refractivity contribution in [3.05, 3.63) is 89.6 Å². The van der Waals surface area contributed by atoms with E-state index in [1.165, 1.54) is 23.1 Å². The Labute approximate surface area is 236 Å². The van der Waals surface area contributed by atoms with Crippen molar-refractivity contribution in [1.82, 2.24) is 14.8 Å². The van der Waals surface area contributed by atoms with Gasteiger partial charge in [-0.2, -0.15) is 0 Å². The summed E-state index contributed by atoms with van der Waals surface area (Å²) in [6.45, 7) is 10.2. The molecule has 0 saturated heterocycles. The smallest absolute Gasteiger partial charge is 0.341 e. The lowest BCUT2D eigenvalue weighted by molar-refractivity contribution is -0.113. The van der Waals surface area contributed by atoms with E-state index in [-0.39, 0.29) is 24.4 Å². The zero-order valence-corrected chi connectivity index (χ0v) is 23.7. The maximum absolute atomic E-state index is 13.0. The molecular weight excluding hydrogens is 532 g/mol. The summed E-state index contributed by atoms with van der Waals surface area (Å²) in [7, 11) is 0. The Bertz CT molecular complexity index is 1450. The Morgan fingerprint density at radius 1 is 1.18 bits per heavy atom. The Hall–Kier alpha value is -3.89. The first-order valence-electron chi connectivity index (χ1n) is 12.4. The number of amides is 1. The summed E-state index contributed by atoms with van der Waals surface area (Å²) in [5, 5.41) is 14.4. The summed E-state index contributed by atoms with van der Waals surface area (Å²) in [5.41, 5.74) is 3.05. The van der Waals surface area contributed by atoms with E-state index in [2.05, 4.69) is 22.1 Å². The predicted octanol–water partition coefficient (Wildman–Crippen LogP) is 6.55. The number of rotatable bonds is 12. The molecule has 8 nitrogen and oxygen atoms in total. The minimum absolute atomic E-state index is 0.0726. The molecule has 10 heteroatoms. The van der Waals surface area contributed by atoms with E-state index in [9.17, 15) is 9.59 Å². The average Bonchev–Trinajstić information content (AvgIpc) is 3.52. The third-order valence-corrected chi connectivity index (χ3v) is 7.53. The number of carbonyl (C=O) groups excluding carboxylic acids is 2. The lowest BCUT2D eigenvalue weighted by atomic mass is 10.0. The fourth-order valence-corrected chi connectivity index (χ4v) is 5.66. The van der Waals surface area contributed by atoms with Crippen molar-refractivity contribution < 1.29 is 19.1 Å². The van der Waals surface area contributed by atoms with Crippen LogP contribution in [0.1, 0.15) is 41.7 Å². The highest BCUT2D eigenvalue weighted by atomic mass is 32.2. The first-order chi connectivity index (χ1) is 18.9. The van der Waals surface area contributed by atoms with Crippen LogP contribution in [0, 0.1) is 6.92 Å². The van der Waals surface area contributed by atoms with E-state index in [4.69, 9.17) is 9.47 Å². The van der Waals surface area contributed by atoms with E-state index in [0.29, 0.717) is 28.1 Å². The predicted molar refractivity (Wildman–Crippen MR) is 156 cm³/mol. The molecule has 0 aliphatic rings.